The standard InChI is InChI=1S/C32H38N2O3/c1-31-11-9-25(35)20-24(31)7-8-27-28(31)10-12-32(2)29(27)19-23(30(32)36)17-22-5-3-6-26(18-22)37-16-4-14-34-15-13-33-21-34/h3,5-6,13,15,17-18,20-21,27-29H,4,7-12,14,16,19H2,1-2H3/t27-,28-,29+,31+,32+/m1/s1. The maximum Gasteiger partial charge on any atom is 0.165 e. The SMILES string of the molecule is C[C@]12CCC(=O)C=C1CC[C@@H]1[C@H]2CC[C@]2(C)C(=O)C(=Cc3cccc(OCCCn4ccnc4)c3)C[C@@H]12. The molecule has 6 rings (SSSR count). The summed E-state index contributed by atoms with van der Waals surface area (Å²) in [6.07, 6.45) is 17.3. The number of aryl methyl sites for hydroxylation is 1. The van der Waals surface area contributed by atoms with Crippen LogP contribution in [0, 0.1) is 28.6 Å². The molecule has 4 aliphatic carbocycles. The first-order valence-electron chi connectivity index (χ1n) is 14.0. The van der Waals surface area contributed by atoms with Crippen LogP contribution in [0.5, 0.6) is 5.75 Å². The molecule has 0 aliphatic heterocycles. The van der Waals surface area contributed by atoms with Crippen molar-refractivity contribution in [3.05, 3.63) is 65.8 Å². The first kappa shape index (κ1) is 24.4. The highest BCUT2D eigenvalue weighted by Gasteiger charge is 2.60. The van der Waals surface area contributed by atoms with Crippen molar-refractivity contribution in [1.29, 1.82) is 0 Å². The number of Topliss-reactive ketones (excluding diaryl/α,β-unsaturated/α-hetero) is 1. The van der Waals surface area contributed by atoms with Gasteiger partial charge in [0.15, 0.2) is 11.6 Å². The number of rotatable bonds is 6. The van der Waals surface area contributed by atoms with Crippen LogP contribution < -0.4 is 4.74 Å². The summed E-state index contributed by atoms with van der Waals surface area (Å²) in [6.45, 7) is 6.16. The molecule has 3 saturated carbocycles. The van der Waals surface area contributed by atoms with E-state index in [2.05, 4.69) is 41.6 Å². The molecule has 2 aromatic rings. The monoisotopic (exact) mass is 498 g/mol. The average molecular weight is 499 g/mol. The van der Waals surface area contributed by atoms with Crippen molar-refractivity contribution in [2.75, 3.05) is 6.61 Å². The highest BCUT2D eigenvalue weighted by Crippen LogP contribution is 2.65. The van der Waals surface area contributed by atoms with Crippen molar-refractivity contribution in [2.24, 2.45) is 28.6 Å². The molecule has 0 amide bonds. The van der Waals surface area contributed by atoms with E-state index in [4.69, 9.17) is 4.74 Å². The normalized spacial score (nSPS) is 34.1. The number of benzene rings is 1. The molecule has 1 aromatic heterocycles. The third-order valence-corrected chi connectivity index (χ3v) is 10.2. The van der Waals surface area contributed by atoms with Crippen LogP contribution in [0.25, 0.3) is 6.08 Å². The van der Waals surface area contributed by atoms with Gasteiger partial charge in [0.25, 0.3) is 0 Å². The van der Waals surface area contributed by atoms with Gasteiger partial charge in [-0.15, -0.1) is 0 Å². The van der Waals surface area contributed by atoms with Gasteiger partial charge in [0.05, 0.1) is 12.9 Å². The molecule has 194 valence electrons. The van der Waals surface area contributed by atoms with E-state index in [0.717, 1.165) is 68.4 Å². The number of allylic oxidation sites excluding steroid dienone is 2. The Balaban J connectivity index is 1.17. The molecule has 0 bridgehead atoms. The largest absolute Gasteiger partial charge is 0.494 e. The fourth-order valence-electron chi connectivity index (χ4n) is 8.11. The average Bonchev–Trinajstić information content (AvgIpc) is 3.49. The molecule has 37 heavy (non-hydrogen) atoms. The van der Waals surface area contributed by atoms with Gasteiger partial charge in [0.1, 0.15) is 5.75 Å². The number of carbonyl (C=O) groups excluding carboxylic acids is 2. The van der Waals surface area contributed by atoms with Crippen LogP contribution in [-0.4, -0.2) is 27.7 Å². The highest BCUT2D eigenvalue weighted by atomic mass is 16.5. The Morgan fingerprint density at radius 3 is 2.84 bits per heavy atom. The van der Waals surface area contributed by atoms with Crippen LogP contribution in [0.1, 0.15) is 70.8 Å². The molecule has 4 aliphatic rings. The van der Waals surface area contributed by atoms with E-state index < -0.39 is 0 Å². The number of aromatic nitrogens is 2. The summed E-state index contributed by atoms with van der Waals surface area (Å²) in [5.41, 5.74) is 3.29. The van der Waals surface area contributed by atoms with Gasteiger partial charge in [-0.2, -0.15) is 0 Å². The molecule has 0 saturated heterocycles. The van der Waals surface area contributed by atoms with E-state index in [-0.39, 0.29) is 10.8 Å². The lowest BCUT2D eigenvalue weighted by molar-refractivity contribution is -0.130. The molecule has 0 radical (unpaired) electrons. The summed E-state index contributed by atoms with van der Waals surface area (Å²) in [5, 5.41) is 0. The molecular formula is C32H38N2O3. The summed E-state index contributed by atoms with van der Waals surface area (Å²) in [6, 6.07) is 8.14. The zero-order chi connectivity index (χ0) is 25.6. The summed E-state index contributed by atoms with van der Waals surface area (Å²) in [7, 11) is 0. The fraction of sp³-hybridized carbons (Fsp3) is 0.531. The number of nitrogens with zero attached hydrogens (tertiary/aromatic N) is 2. The predicted octanol–water partition coefficient (Wildman–Crippen LogP) is 6.45. The number of imidazole rings is 1. The van der Waals surface area contributed by atoms with E-state index in [1.807, 2.05) is 30.7 Å². The Kier molecular flexibility index (Phi) is 6.21. The lowest BCUT2D eigenvalue weighted by Gasteiger charge is -2.56. The van der Waals surface area contributed by atoms with E-state index in [9.17, 15) is 9.59 Å². The van der Waals surface area contributed by atoms with Gasteiger partial charge >= 0.3 is 0 Å². The van der Waals surface area contributed by atoms with Crippen LogP contribution in [0.3, 0.4) is 0 Å². The molecule has 1 aromatic carbocycles. The third kappa shape index (κ3) is 4.30. The maximum atomic E-state index is 13.8. The summed E-state index contributed by atoms with van der Waals surface area (Å²) < 4.78 is 8.07. The first-order valence-corrected chi connectivity index (χ1v) is 14.0. The van der Waals surface area contributed by atoms with Crippen molar-refractivity contribution in [3.8, 4) is 5.75 Å². The fourth-order valence-corrected chi connectivity index (χ4v) is 8.11. The number of ether oxygens (including phenoxy) is 1. The second-order valence-corrected chi connectivity index (χ2v) is 12.2. The number of carbonyl (C=O) groups is 2. The molecule has 5 heteroatoms. The summed E-state index contributed by atoms with van der Waals surface area (Å²) in [4.78, 5) is 30.0. The van der Waals surface area contributed by atoms with Gasteiger partial charge in [0, 0.05) is 30.8 Å². The molecule has 3 fully saturated rings. The van der Waals surface area contributed by atoms with Crippen molar-refractivity contribution >= 4 is 17.6 Å². The number of fused-ring (bicyclic) bond motifs is 5. The molecular weight excluding hydrogens is 460 g/mol. The zero-order valence-electron chi connectivity index (χ0n) is 22.1. The molecule has 5 nitrogen and oxygen atoms in total. The second kappa shape index (κ2) is 9.41. The van der Waals surface area contributed by atoms with Crippen molar-refractivity contribution in [3.63, 3.8) is 0 Å². The van der Waals surface area contributed by atoms with Gasteiger partial charge in [-0.1, -0.05) is 31.6 Å². The minimum Gasteiger partial charge on any atom is -0.494 e. The van der Waals surface area contributed by atoms with Gasteiger partial charge in [-0.05, 0) is 104 Å². The highest BCUT2D eigenvalue weighted by molar-refractivity contribution is 6.06. The lowest BCUT2D eigenvalue weighted by Crippen LogP contribution is -2.50. The predicted molar refractivity (Wildman–Crippen MR) is 144 cm³/mol. The van der Waals surface area contributed by atoms with Crippen LogP contribution in [-0.2, 0) is 16.1 Å². The van der Waals surface area contributed by atoms with E-state index in [1.54, 1.807) is 6.20 Å². The van der Waals surface area contributed by atoms with Crippen LogP contribution in [0.2, 0.25) is 0 Å². The molecule has 1 heterocycles. The number of hydrogen-bond donors (Lipinski definition) is 0. The number of ketones is 2. The summed E-state index contributed by atoms with van der Waals surface area (Å²) in [5.74, 6) is 3.06. The number of hydrogen-bond acceptors (Lipinski definition) is 4. The molecule has 5 atom stereocenters. The van der Waals surface area contributed by atoms with E-state index >= 15 is 0 Å². The first-order chi connectivity index (χ1) is 17.9. The van der Waals surface area contributed by atoms with Crippen LogP contribution in [0.4, 0.5) is 0 Å². The van der Waals surface area contributed by atoms with E-state index in [1.165, 1.54) is 5.57 Å². The molecule has 0 N–H and O–H groups in total. The Hall–Kier alpha value is -2.95. The summed E-state index contributed by atoms with van der Waals surface area (Å²) >= 11 is 0. The molecule has 0 unspecified atom stereocenters. The lowest BCUT2D eigenvalue weighted by atomic mass is 9.47. The van der Waals surface area contributed by atoms with Crippen molar-refractivity contribution in [2.45, 2.75) is 71.8 Å². The van der Waals surface area contributed by atoms with Gasteiger partial charge in [-0.25, -0.2) is 4.98 Å². The Labute approximate surface area is 220 Å². The van der Waals surface area contributed by atoms with Crippen molar-refractivity contribution in [1.82, 2.24) is 9.55 Å². The van der Waals surface area contributed by atoms with Gasteiger partial charge in [-0.3, -0.25) is 9.59 Å². The molecule has 0 spiro atoms. The van der Waals surface area contributed by atoms with Crippen molar-refractivity contribution < 1.29 is 14.3 Å². The van der Waals surface area contributed by atoms with Crippen LogP contribution in [0.15, 0.2) is 60.2 Å². The Morgan fingerprint density at radius 2 is 2.00 bits per heavy atom. The van der Waals surface area contributed by atoms with E-state index in [0.29, 0.717) is 42.3 Å². The van der Waals surface area contributed by atoms with Gasteiger partial charge in [0.2, 0.25) is 0 Å². The quantitative estimate of drug-likeness (QED) is 0.339. The zero-order valence-corrected chi connectivity index (χ0v) is 22.1. The third-order valence-electron chi connectivity index (χ3n) is 10.2. The van der Waals surface area contributed by atoms with Crippen LogP contribution >= 0.6 is 0 Å². The Bertz CT molecular complexity index is 1260. The topological polar surface area (TPSA) is 61.2 Å². The smallest absolute Gasteiger partial charge is 0.165 e. The van der Waals surface area contributed by atoms with Gasteiger partial charge < -0.3 is 9.30 Å². The minimum absolute atomic E-state index is 0.136. The second-order valence-electron chi connectivity index (χ2n) is 12.2. The minimum atomic E-state index is -0.253. The Morgan fingerprint density at radius 1 is 1.11 bits per heavy atom. The maximum absolute atomic E-state index is 13.8.